The van der Waals surface area contributed by atoms with Crippen molar-refractivity contribution in [3.8, 4) is 0 Å². The number of hydrogen-bond donors (Lipinski definition) is 4. The summed E-state index contributed by atoms with van der Waals surface area (Å²) in [6, 6.07) is 10.1. The highest BCUT2D eigenvalue weighted by Crippen LogP contribution is 2.38. The van der Waals surface area contributed by atoms with Crippen molar-refractivity contribution in [2.24, 2.45) is 11.8 Å². The van der Waals surface area contributed by atoms with Crippen LogP contribution >= 0.6 is 0 Å². The van der Waals surface area contributed by atoms with Crippen LogP contribution in [-0.2, 0) is 20.7 Å². The highest BCUT2D eigenvalue weighted by atomic mass is 16.5. The van der Waals surface area contributed by atoms with Crippen molar-refractivity contribution in [3.05, 3.63) is 48.0 Å². The molecule has 1 aromatic rings. The third kappa shape index (κ3) is 10.1. The Labute approximate surface area is 196 Å². The van der Waals surface area contributed by atoms with E-state index in [1.54, 1.807) is 0 Å². The van der Waals surface area contributed by atoms with E-state index in [0.29, 0.717) is 44.9 Å². The molecule has 7 heteroatoms. The van der Waals surface area contributed by atoms with Crippen LogP contribution < -0.4 is 5.32 Å². The van der Waals surface area contributed by atoms with Crippen LogP contribution in [-0.4, -0.2) is 59.2 Å². The van der Waals surface area contributed by atoms with Gasteiger partial charge in [0, 0.05) is 6.42 Å². The quantitative estimate of drug-likeness (QED) is 0.192. The first-order valence-corrected chi connectivity index (χ1v) is 12.0. The summed E-state index contributed by atoms with van der Waals surface area (Å²) in [6.45, 7) is -0.116. The summed E-state index contributed by atoms with van der Waals surface area (Å²) >= 11 is 0. The van der Waals surface area contributed by atoms with Gasteiger partial charge in [0.2, 0.25) is 5.91 Å². The molecule has 0 heterocycles. The summed E-state index contributed by atoms with van der Waals surface area (Å²) in [5.74, 6) is -0.714. The predicted molar refractivity (Wildman–Crippen MR) is 126 cm³/mol. The molecule has 0 radical (unpaired) electrons. The SMILES string of the molecule is COC(=O)CNC(=O)CCC/C=C\C[C@@H]1[C@@H](CC[C@@H](O)CCc2ccccc2)[C@H](O)C[C@@H]1O. The largest absolute Gasteiger partial charge is 0.468 e. The second-order valence-corrected chi connectivity index (χ2v) is 8.91. The van der Waals surface area contributed by atoms with Gasteiger partial charge in [-0.25, -0.2) is 0 Å². The van der Waals surface area contributed by atoms with Crippen molar-refractivity contribution in [1.82, 2.24) is 5.32 Å². The molecule has 1 fully saturated rings. The number of aryl methyl sites for hydroxylation is 1. The molecule has 0 aromatic heterocycles. The fraction of sp³-hybridized carbons (Fsp3) is 0.615. The van der Waals surface area contributed by atoms with Crippen LogP contribution in [0.4, 0.5) is 0 Å². The van der Waals surface area contributed by atoms with Crippen LogP contribution in [0.3, 0.4) is 0 Å². The lowest BCUT2D eigenvalue weighted by molar-refractivity contribution is -0.141. The number of carbonyl (C=O) groups is 2. The van der Waals surface area contributed by atoms with E-state index in [1.807, 2.05) is 30.4 Å². The van der Waals surface area contributed by atoms with Crippen LogP contribution in [0.15, 0.2) is 42.5 Å². The molecular formula is C26H39NO6. The number of rotatable bonds is 14. The standard InChI is InChI=1S/C26H39NO6/c1-33-26(32)18-27-25(31)12-8-3-2-7-11-21-22(24(30)17-23(21)29)16-15-20(28)14-13-19-9-5-4-6-10-19/h2,4-7,9-10,20-24,28-30H,3,8,11-18H2,1H3,(H,27,31)/b7-2-/t20-,21+,22+,23-,24+/m0/s1. The van der Waals surface area contributed by atoms with Crippen molar-refractivity contribution < 1.29 is 29.6 Å². The lowest BCUT2D eigenvalue weighted by Crippen LogP contribution is -2.29. The minimum Gasteiger partial charge on any atom is -0.468 e. The summed E-state index contributed by atoms with van der Waals surface area (Å²) in [5, 5.41) is 33.7. The summed E-state index contributed by atoms with van der Waals surface area (Å²) < 4.78 is 4.48. The number of methoxy groups -OCH3 is 1. The molecule has 1 saturated carbocycles. The first-order chi connectivity index (χ1) is 15.9. The monoisotopic (exact) mass is 461 g/mol. The maximum absolute atomic E-state index is 11.7. The van der Waals surface area contributed by atoms with Gasteiger partial charge in [-0.05, 0) is 68.8 Å². The predicted octanol–water partition coefficient (Wildman–Crippen LogP) is 2.52. The number of allylic oxidation sites excluding steroid dienone is 2. The Morgan fingerprint density at radius 2 is 1.85 bits per heavy atom. The van der Waals surface area contributed by atoms with Gasteiger partial charge in [0.25, 0.3) is 0 Å². The number of amides is 1. The Hall–Kier alpha value is -2.22. The number of unbranched alkanes of at least 4 members (excludes halogenated alkanes) is 1. The van der Waals surface area contributed by atoms with Crippen molar-refractivity contribution in [2.45, 2.75) is 76.1 Å². The summed E-state index contributed by atoms with van der Waals surface area (Å²) in [4.78, 5) is 22.7. The molecule has 2 rings (SSSR count). The van der Waals surface area contributed by atoms with Crippen LogP contribution in [0, 0.1) is 11.8 Å². The van der Waals surface area contributed by atoms with Crippen molar-refractivity contribution in [1.29, 1.82) is 0 Å². The third-order valence-electron chi connectivity index (χ3n) is 6.47. The number of ether oxygens (including phenoxy) is 1. The third-order valence-corrected chi connectivity index (χ3v) is 6.47. The molecule has 1 aliphatic rings. The maximum Gasteiger partial charge on any atom is 0.325 e. The summed E-state index contributed by atoms with van der Waals surface area (Å²) in [7, 11) is 1.28. The Kier molecular flexibility index (Phi) is 12.1. The molecule has 4 N–H and O–H groups in total. The van der Waals surface area contributed by atoms with Crippen LogP contribution in [0.2, 0.25) is 0 Å². The summed E-state index contributed by atoms with van der Waals surface area (Å²) in [6.07, 6.45) is 8.07. The van der Waals surface area contributed by atoms with Crippen LogP contribution in [0.5, 0.6) is 0 Å². The Morgan fingerprint density at radius 1 is 1.12 bits per heavy atom. The topological polar surface area (TPSA) is 116 Å². The smallest absolute Gasteiger partial charge is 0.325 e. The van der Waals surface area contributed by atoms with E-state index in [4.69, 9.17) is 0 Å². The molecular weight excluding hydrogens is 422 g/mol. The molecule has 0 spiro atoms. The molecule has 1 aromatic carbocycles. The van der Waals surface area contributed by atoms with Gasteiger partial charge < -0.3 is 25.4 Å². The lowest BCUT2D eigenvalue weighted by Gasteiger charge is -2.23. The number of nitrogens with one attached hydrogen (secondary N) is 1. The minimum atomic E-state index is -0.543. The number of carbonyl (C=O) groups excluding carboxylic acids is 2. The minimum absolute atomic E-state index is 0.0269. The average Bonchev–Trinajstić information content (AvgIpc) is 3.09. The Balaban J connectivity index is 1.67. The van der Waals surface area contributed by atoms with Gasteiger partial charge in [0.05, 0.1) is 25.4 Å². The second kappa shape index (κ2) is 14.8. The Morgan fingerprint density at radius 3 is 2.58 bits per heavy atom. The average molecular weight is 462 g/mol. The highest BCUT2D eigenvalue weighted by molar-refractivity contribution is 5.81. The maximum atomic E-state index is 11.7. The van der Waals surface area contributed by atoms with Gasteiger partial charge >= 0.3 is 5.97 Å². The van der Waals surface area contributed by atoms with E-state index in [0.717, 1.165) is 12.8 Å². The van der Waals surface area contributed by atoms with Gasteiger partial charge in [0.1, 0.15) is 6.54 Å². The fourth-order valence-corrected chi connectivity index (χ4v) is 4.50. The molecule has 5 atom stereocenters. The number of esters is 1. The molecule has 1 amide bonds. The molecule has 33 heavy (non-hydrogen) atoms. The van der Waals surface area contributed by atoms with Gasteiger partial charge in [-0.3, -0.25) is 9.59 Å². The van der Waals surface area contributed by atoms with E-state index >= 15 is 0 Å². The van der Waals surface area contributed by atoms with E-state index in [2.05, 4.69) is 22.2 Å². The van der Waals surface area contributed by atoms with Crippen molar-refractivity contribution in [2.75, 3.05) is 13.7 Å². The van der Waals surface area contributed by atoms with Gasteiger partial charge in [-0.2, -0.15) is 0 Å². The number of aliphatic hydroxyl groups excluding tert-OH is 3. The molecule has 0 bridgehead atoms. The van der Waals surface area contributed by atoms with Gasteiger partial charge in [0.15, 0.2) is 0 Å². The zero-order valence-corrected chi connectivity index (χ0v) is 19.6. The van der Waals surface area contributed by atoms with E-state index < -0.39 is 24.3 Å². The second-order valence-electron chi connectivity index (χ2n) is 8.91. The van der Waals surface area contributed by atoms with Crippen LogP contribution in [0.1, 0.15) is 56.9 Å². The zero-order valence-electron chi connectivity index (χ0n) is 19.6. The molecule has 1 aliphatic carbocycles. The lowest BCUT2D eigenvalue weighted by atomic mass is 9.85. The summed E-state index contributed by atoms with van der Waals surface area (Å²) in [5.41, 5.74) is 1.21. The van der Waals surface area contributed by atoms with Gasteiger partial charge in [-0.1, -0.05) is 42.5 Å². The van der Waals surface area contributed by atoms with Crippen molar-refractivity contribution in [3.63, 3.8) is 0 Å². The number of aliphatic hydroxyl groups is 3. The first kappa shape index (κ1) is 27.0. The molecule has 0 unspecified atom stereocenters. The van der Waals surface area contributed by atoms with E-state index in [9.17, 15) is 24.9 Å². The first-order valence-electron chi connectivity index (χ1n) is 12.0. The van der Waals surface area contributed by atoms with E-state index in [-0.39, 0.29) is 24.3 Å². The molecule has 184 valence electrons. The normalized spacial score (nSPS) is 23.5. The number of hydrogen-bond acceptors (Lipinski definition) is 6. The van der Waals surface area contributed by atoms with E-state index in [1.165, 1.54) is 12.7 Å². The van der Waals surface area contributed by atoms with Gasteiger partial charge in [-0.15, -0.1) is 0 Å². The molecule has 0 saturated heterocycles. The number of benzene rings is 1. The zero-order chi connectivity index (χ0) is 24.1. The fourth-order valence-electron chi connectivity index (χ4n) is 4.50. The highest BCUT2D eigenvalue weighted by Gasteiger charge is 2.40. The molecule has 0 aliphatic heterocycles. The Bertz CT molecular complexity index is 738. The van der Waals surface area contributed by atoms with Crippen molar-refractivity contribution >= 4 is 11.9 Å². The van der Waals surface area contributed by atoms with Crippen LogP contribution in [0.25, 0.3) is 0 Å². The molecule has 7 nitrogen and oxygen atoms in total.